The molecule has 0 saturated carbocycles. The number of amides is 2. The number of ether oxygens (including phenoxy) is 3. The van der Waals surface area contributed by atoms with E-state index in [1.165, 1.54) is 0 Å². The third-order valence-corrected chi connectivity index (χ3v) is 4.44. The molecule has 0 unspecified atom stereocenters. The van der Waals surface area contributed by atoms with Crippen LogP contribution in [0.3, 0.4) is 0 Å². The number of hydrogen-bond donors (Lipinski definition) is 2. The Kier molecular flexibility index (Phi) is 6.54. The molecule has 1 aliphatic heterocycles. The Morgan fingerprint density at radius 1 is 1.19 bits per heavy atom. The van der Waals surface area contributed by atoms with E-state index in [1.54, 1.807) is 7.11 Å². The molecule has 1 aliphatic rings. The predicted molar refractivity (Wildman–Crippen MR) is 105 cm³/mol. The Morgan fingerprint density at radius 2 is 2.00 bits per heavy atom. The van der Waals surface area contributed by atoms with E-state index in [0.717, 1.165) is 36.3 Å². The highest BCUT2D eigenvalue weighted by molar-refractivity contribution is 5.89. The van der Waals surface area contributed by atoms with Crippen molar-refractivity contribution >= 4 is 11.7 Å². The molecule has 0 aromatic heterocycles. The molecular weight excluding hydrogens is 344 g/mol. The number of urea groups is 1. The highest BCUT2D eigenvalue weighted by Gasteiger charge is 2.17. The summed E-state index contributed by atoms with van der Waals surface area (Å²) in [5, 5.41) is 5.65. The molecule has 6 heteroatoms. The van der Waals surface area contributed by atoms with Gasteiger partial charge in [0.2, 0.25) is 0 Å². The van der Waals surface area contributed by atoms with E-state index < -0.39 is 0 Å². The summed E-state index contributed by atoms with van der Waals surface area (Å²) >= 11 is 0. The Morgan fingerprint density at radius 3 is 2.70 bits per heavy atom. The van der Waals surface area contributed by atoms with Gasteiger partial charge in [-0.3, -0.25) is 0 Å². The van der Waals surface area contributed by atoms with Crippen LogP contribution in [-0.4, -0.2) is 32.5 Å². The number of benzene rings is 2. The van der Waals surface area contributed by atoms with E-state index in [1.807, 2.05) is 49.4 Å². The zero-order valence-corrected chi connectivity index (χ0v) is 15.8. The maximum atomic E-state index is 12.0. The molecule has 3 rings (SSSR count). The lowest BCUT2D eigenvalue weighted by molar-refractivity contribution is 0.0669. The Bertz CT molecular complexity index is 755. The van der Waals surface area contributed by atoms with Crippen molar-refractivity contribution in [2.24, 2.45) is 0 Å². The van der Waals surface area contributed by atoms with Crippen molar-refractivity contribution in [1.29, 1.82) is 0 Å². The molecule has 2 aromatic rings. The van der Waals surface area contributed by atoms with Crippen molar-refractivity contribution in [1.82, 2.24) is 5.32 Å². The summed E-state index contributed by atoms with van der Waals surface area (Å²) in [5.41, 5.74) is 2.83. The van der Waals surface area contributed by atoms with Gasteiger partial charge in [0.05, 0.1) is 13.2 Å². The van der Waals surface area contributed by atoms with Crippen molar-refractivity contribution in [3.63, 3.8) is 0 Å². The van der Waals surface area contributed by atoms with Gasteiger partial charge in [-0.2, -0.15) is 0 Å². The van der Waals surface area contributed by atoms with Crippen LogP contribution in [0, 0.1) is 6.92 Å². The molecule has 1 fully saturated rings. The minimum atomic E-state index is -0.253. The van der Waals surface area contributed by atoms with Crippen LogP contribution in [-0.2, 0) is 11.3 Å². The van der Waals surface area contributed by atoms with Gasteiger partial charge < -0.3 is 24.8 Å². The summed E-state index contributed by atoms with van der Waals surface area (Å²) in [6, 6.07) is 13.1. The predicted octanol–water partition coefficient (Wildman–Crippen LogP) is 3.88. The minimum Gasteiger partial charge on any atom is -0.493 e. The van der Waals surface area contributed by atoms with Crippen molar-refractivity contribution < 1.29 is 19.0 Å². The molecule has 1 atom stereocenters. The first-order valence-electron chi connectivity index (χ1n) is 9.17. The SMILES string of the molecule is COc1cc(CNC(=O)Nc2ccc(C)cc2)ccc1OC[C@@H]1CCCO1. The van der Waals surface area contributed by atoms with Crippen LogP contribution < -0.4 is 20.1 Å². The number of methoxy groups -OCH3 is 1. The second-order valence-corrected chi connectivity index (χ2v) is 6.60. The molecule has 0 radical (unpaired) electrons. The Labute approximate surface area is 159 Å². The zero-order valence-electron chi connectivity index (χ0n) is 15.8. The highest BCUT2D eigenvalue weighted by Crippen LogP contribution is 2.29. The number of carbonyl (C=O) groups is 1. The van der Waals surface area contributed by atoms with Crippen LogP contribution in [0.5, 0.6) is 11.5 Å². The maximum Gasteiger partial charge on any atom is 0.319 e. The Balaban J connectivity index is 1.51. The molecule has 27 heavy (non-hydrogen) atoms. The van der Waals surface area contributed by atoms with E-state index in [9.17, 15) is 4.79 Å². The normalized spacial score (nSPS) is 16.0. The molecule has 1 heterocycles. The van der Waals surface area contributed by atoms with Gasteiger partial charge in [0.1, 0.15) is 6.61 Å². The average Bonchev–Trinajstić information content (AvgIpc) is 3.20. The van der Waals surface area contributed by atoms with Crippen LogP contribution in [0.25, 0.3) is 0 Å². The zero-order chi connectivity index (χ0) is 19.1. The summed E-state index contributed by atoms with van der Waals surface area (Å²) in [6.07, 6.45) is 2.27. The first-order chi connectivity index (χ1) is 13.1. The van der Waals surface area contributed by atoms with Crippen LogP contribution in [0.15, 0.2) is 42.5 Å². The molecule has 0 aliphatic carbocycles. The van der Waals surface area contributed by atoms with Crippen LogP contribution in [0.4, 0.5) is 10.5 Å². The maximum absolute atomic E-state index is 12.0. The topological polar surface area (TPSA) is 68.8 Å². The summed E-state index contributed by atoms with van der Waals surface area (Å²) in [6.45, 7) is 3.72. The molecule has 144 valence electrons. The lowest BCUT2D eigenvalue weighted by Gasteiger charge is -2.15. The molecular formula is C21H26N2O4. The van der Waals surface area contributed by atoms with Crippen molar-refractivity contribution in [2.45, 2.75) is 32.4 Å². The molecule has 6 nitrogen and oxygen atoms in total. The number of aryl methyl sites for hydroxylation is 1. The number of hydrogen-bond acceptors (Lipinski definition) is 4. The Hall–Kier alpha value is -2.73. The monoisotopic (exact) mass is 370 g/mol. The van der Waals surface area contributed by atoms with Gasteiger partial charge in [-0.05, 0) is 49.6 Å². The molecule has 2 aromatic carbocycles. The lowest BCUT2D eigenvalue weighted by Crippen LogP contribution is -2.28. The molecule has 1 saturated heterocycles. The molecule has 2 amide bonds. The first-order valence-corrected chi connectivity index (χ1v) is 9.17. The van der Waals surface area contributed by atoms with Crippen molar-refractivity contribution in [3.05, 3.63) is 53.6 Å². The van der Waals surface area contributed by atoms with Gasteiger partial charge >= 0.3 is 6.03 Å². The van der Waals surface area contributed by atoms with E-state index in [0.29, 0.717) is 24.7 Å². The summed E-state index contributed by atoms with van der Waals surface area (Å²) < 4.78 is 16.8. The van der Waals surface area contributed by atoms with Gasteiger partial charge in [0, 0.05) is 18.8 Å². The van der Waals surface area contributed by atoms with E-state index in [2.05, 4.69) is 10.6 Å². The summed E-state index contributed by atoms with van der Waals surface area (Å²) in [5.74, 6) is 1.33. The van der Waals surface area contributed by atoms with Gasteiger partial charge in [0.25, 0.3) is 0 Å². The summed E-state index contributed by atoms with van der Waals surface area (Å²) in [4.78, 5) is 12.0. The van der Waals surface area contributed by atoms with Crippen molar-refractivity contribution in [3.8, 4) is 11.5 Å². The third kappa shape index (κ3) is 5.62. The lowest BCUT2D eigenvalue weighted by atomic mass is 10.2. The summed E-state index contributed by atoms with van der Waals surface area (Å²) in [7, 11) is 1.61. The standard InChI is InChI=1S/C21H26N2O4/c1-15-5-8-17(9-6-15)23-21(24)22-13-16-7-10-19(20(12-16)25-2)27-14-18-4-3-11-26-18/h5-10,12,18H,3-4,11,13-14H2,1-2H3,(H2,22,23,24)/t18-/m0/s1. The van der Waals surface area contributed by atoms with Crippen molar-refractivity contribution in [2.75, 3.05) is 25.6 Å². The molecule has 0 spiro atoms. The molecule has 0 bridgehead atoms. The second kappa shape index (κ2) is 9.28. The minimum absolute atomic E-state index is 0.154. The van der Waals surface area contributed by atoms with Gasteiger partial charge in [-0.25, -0.2) is 4.79 Å². The second-order valence-electron chi connectivity index (χ2n) is 6.60. The number of anilines is 1. The van der Waals surface area contributed by atoms with Crippen LogP contribution >= 0.6 is 0 Å². The van der Waals surface area contributed by atoms with Gasteiger partial charge in [-0.1, -0.05) is 23.8 Å². The number of nitrogens with one attached hydrogen (secondary N) is 2. The largest absolute Gasteiger partial charge is 0.493 e. The van der Waals surface area contributed by atoms with Gasteiger partial charge in [0.15, 0.2) is 11.5 Å². The third-order valence-electron chi connectivity index (χ3n) is 4.44. The quantitative estimate of drug-likeness (QED) is 0.776. The number of rotatable bonds is 7. The number of carbonyl (C=O) groups excluding carboxylic acids is 1. The molecule has 2 N–H and O–H groups in total. The fourth-order valence-corrected chi connectivity index (χ4v) is 2.89. The first kappa shape index (κ1) is 19.0. The van der Waals surface area contributed by atoms with E-state index >= 15 is 0 Å². The highest BCUT2D eigenvalue weighted by atomic mass is 16.5. The smallest absolute Gasteiger partial charge is 0.319 e. The van der Waals surface area contributed by atoms with E-state index in [4.69, 9.17) is 14.2 Å². The van der Waals surface area contributed by atoms with Crippen LogP contribution in [0.1, 0.15) is 24.0 Å². The average molecular weight is 370 g/mol. The fraction of sp³-hybridized carbons (Fsp3) is 0.381. The van der Waals surface area contributed by atoms with E-state index in [-0.39, 0.29) is 12.1 Å². The fourth-order valence-electron chi connectivity index (χ4n) is 2.89. The van der Waals surface area contributed by atoms with Crippen LogP contribution in [0.2, 0.25) is 0 Å². The van der Waals surface area contributed by atoms with Gasteiger partial charge in [-0.15, -0.1) is 0 Å².